The van der Waals surface area contributed by atoms with Gasteiger partial charge in [-0.25, -0.2) is 13.2 Å². The zero-order valence-electron chi connectivity index (χ0n) is 10.8. The number of anilines is 1. The number of aromatic carboxylic acids is 1. The lowest BCUT2D eigenvalue weighted by Crippen LogP contribution is -2.25. The fraction of sp³-hybridized carbons (Fsp3) is 0.462. The van der Waals surface area contributed by atoms with Gasteiger partial charge in [0.2, 0.25) is 10.0 Å². The van der Waals surface area contributed by atoms with Gasteiger partial charge in [-0.05, 0) is 31.4 Å². The summed E-state index contributed by atoms with van der Waals surface area (Å²) < 4.78 is 30.7. The van der Waals surface area contributed by atoms with Crippen molar-refractivity contribution < 1.29 is 23.1 Å². The van der Waals surface area contributed by atoms with Crippen LogP contribution in [0.25, 0.3) is 0 Å². The summed E-state index contributed by atoms with van der Waals surface area (Å²) in [6.07, 6.45) is 2.59. The van der Waals surface area contributed by atoms with E-state index in [4.69, 9.17) is 9.84 Å². The molecule has 1 aromatic carbocycles. The van der Waals surface area contributed by atoms with Crippen LogP contribution in [-0.4, -0.2) is 37.9 Å². The maximum atomic E-state index is 11.9. The molecule has 0 radical (unpaired) electrons. The van der Waals surface area contributed by atoms with Crippen LogP contribution in [0.2, 0.25) is 0 Å². The van der Waals surface area contributed by atoms with Crippen LogP contribution < -0.4 is 9.04 Å². The average Bonchev–Trinajstić information content (AvgIpc) is 3.10. The number of carboxylic acids is 1. The Morgan fingerprint density at radius 3 is 2.60 bits per heavy atom. The SMILES string of the molecule is O=C(O)c1cc(OC2CC2)cc(N2CCCS2(=O)=O)c1. The first-order chi connectivity index (χ1) is 9.45. The van der Waals surface area contributed by atoms with Crippen LogP contribution in [0.3, 0.4) is 0 Å². The zero-order valence-corrected chi connectivity index (χ0v) is 11.6. The fourth-order valence-corrected chi connectivity index (χ4v) is 3.77. The third-order valence-corrected chi connectivity index (χ3v) is 5.22. The van der Waals surface area contributed by atoms with Crippen molar-refractivity contribution in [2.75, 3.05) is 16.6 Å². The van der Waals surface area contributed by atoms with Crippen molar-refractivity contribution in [1.82, 2.24) is 0 Å². The number of hydrogen-bond donors (Lipinski definition) is 1. The lowest BCUT2D eigenvalue weighted by atomic mass is 10.2. The third-order valence-electron chi connectivity index (χ3n) is 3.35. The minimum Gasteiger partial charge on any atom is -0.490 e. The molecule has 0 amide bonds. The van der Waals surface area contributed by atoms with Gasteiger partial charge in [-0.1, -0.05) is 0 Å². The monoisotopic (exact) mass is 297 g/mol. The highest BCUT2D eigenvalue weighted by Gasteiger charge is 2.30. The van der Waals surface area contributed by atoms with Crippen LogP contribution in [0.1, 0.15) is 29.6 Å². The molecule has 3 rings (SSSR count). The van der Waals surface area contributed by atoms with Gasteiger partial charge in [0.15, 0.2) is 0 Å². The van der Waals surface area contributed by atoms with E-state index in [0.29, 0.717) is 24.4 Å². The van der Waals surface area contributed by atoms with Gasteiger partial charge in [0, 0.05) is 12.6 Å². The molecule has 1 saturated heterocycles. The number of carbonyl (C=O) groups is 1. The predicted octanol–water partition coefficient (Wildman–Crippen LogP) is 1.47. The minimum absolute atomic E-state index is 0.0419. The molecule has 1 saturated carbocycles. The molecule has 1 aliphatic heterocycles. The summed E-state index contributed by atoms with van der Waals surface area (Å²) >= 11 is 0. The van der Waals surface area contributed by atoms with E-state index in [1.54, 1.807) is 6.07 Å². The molecule has 6 nitrogen and oxygen atoms in total. The molecule has 7 heteroatoms. The van der Waals surface area contributed by atoms with Crippen LogP contribution in [0.4, 0.5) is 5.69 Å². The molecule has 108 valence electrons. The molecule has 0 aromatic heterocycles. The van der Waals surface area contributed by atoms with E-state index in [-0.39, 0.29) is 17.4 Å². The summed E-state index contributed by atoms with van der Waals surface area (Å²) in [6.45, 7) is 0.383. The normalized spacial score (nSPS) is 20.9. The molecule has 1 aliphatic carbocycles. The van der Waals surface area contributed by atoms with E-state index in [1.807, 2.05) is 0 Å². The summed E-state index contributed by atoms with van der Waals surface area (Å²) in [7, 11) is -3.33. The lowest BCUT2D eigenvalue weighted by Gasteiger charge is -2.18. The Bertz CT molecular complexity index is 651. The van der Waals surface area contributed by atoms with Gasteiger partial charge in [-0.2, -0.15) is 0 Å². The Balaban J connectivity index is 2.00. The molecule has 1 aromatic rings. The molecule has 20 heavy (non-hydrogen) atoms. The first kappa shape index (κ1) is 13.2. The number of rotatable bonds is 4. The van der Waals surface area contributed by atoms with E-state index >= 15 is 0 Å². The summed E-state index contributed by atoms with van der Waals surface area (Å²) in [5, 5.41) is 9.13. The summed E-state index contributed by atoms with van der Waals surface area (Å²) in [5.74, 6) is -0.572. The van der Waals surface area contributed by atoms with Gasteiger partial charge in [-0.15, -0.1) is 0 Å². The maximum absolute atomic E-state index is 11.9. The third kappa shape index (κ3) is 2.58. The van der Waals surface area contributed by atoms with Crippen molar-refractivity contribution >= 4 is 21.7 Å². The molecule has 1 heterocycles. The second-order valence-corrected chi connectivity index (χ2v) is 7.09. The van der Waals surface area contributed by atoms with Gasteiger partial charge in [0.05, 0.1) is 23.1 Å². The quantitative estimate of drug-likeness (QED) is 0.909. The van der Waals surface area contributed by atoms with Crippen LogP contribution in [0, 0.1) is 0 Å². The first-order valence-corrected chi connectivity index (χ1v) is 8.12. The number of benzene rings is 1. The average molecular weight is 297 g/mol. The van der Waals surface area contributed by atoms with Crippen LogP contribution in [-0.2, 0) is 10.0 Å². The van der Waals surface area contributed by atoms with Crippen LogP contribution in [0.5, 0.6) is 5.75 Å². The Morgan fingerprint density at radius 1 is 1.30 bits per heavy atom. The van der Waals surface area contributed by atoms with Crippen molar-refractivity contribution in [1.29, 1.82) is 0 Å². The fourth-order valence-electron chi connectivity index (χ4n) is 2.23. The van der Waals surface area contributed by atoms with Crippen molar-refractivity contribution in [2.24, 2.45) is 0 Å². The molecular weight excluding hydrogens is 282 g/mol. The predicted molar refractivity (Wildman–Crippen MR) is 72.8 cm³/mol. The van der Waals surface area contributed by atoms with Crippen LogP contribution >= 0.6 is 0 Å². The highest BCUT2D eigenvalue weighted by Crippen LogP contribution is 2.33. The first-order valence-electron chi connectivity index (χ1n) is 6.51. The lowest BCUT2D eigenvalue weighted by molar-refractivity contribution is 0.0696. The molecular formula is C13H15NO5S. The molecule has 0 spiro atoms. The van der Waals surface area contributed by atoms with E-state index < -0.39 is 16.0 Å². The second kappa shape index (κ2) is 4.66. The Labute approximate surface area is 117 Å². The molecule has 2 fully saturated rings. The molecule has 1 N–H and O–H groups in total. The van der Waals surface area contributed by atoms with Crippen molar-refractivity contribution in [3.05, 3.63) is 23.8 Å². The summed E-state index contributed by atoms with van der Waals surface area (Å²) in [6, 6.07) is 4.42. The summed E-state index contributed by atoms with van der Waals surface area (Å²) in [4.78, 5) is 11.2. The number of sulfonamides is 1. The highest BCUT2D eigenvalue weighted by atomic mass is 32.2. The van der Waals surface area contributed by atoms with Gasteiger partial charge in [-0.3, -0.25) is 4.31 Å². The van der Waals surface area contributed by atoms with E-state index in [1.165, 1.54) is 16.4 Å². The standard InChI is InChI=1S/C13H15NO5S/c15-13(16)9-6-10(14-4-1-5-20(14,17)18)8-12(7-9)19-11-2-3-11/h6-8,11H,1-5H2,(H,15,16). The highest BCUT2D eigenvalue weighted by molar-refractivity contribution is 7.93. The Hall–Kier alpha value is -1.76. The minimum atomic E-state index is -3.33. The topological polar surface area (TPSA) is 83.9 Å². The van der Waals surface area contributed by atoms with Crippen molar-refractivity contribution in [3.63, 3.8) is 0 Å². The summed E-state index contributed by atoms with van der Waals surface area (Å²) in [5.41, 5.74) is 0.415. The number of ether oxygens (including phenoxy) is 1. The van der Waals surface area contributed by atoms with Gasteiger partial charge in [0.1, 0.15) is 5.75 Å². The van der Waals surface area contributed by atoms with Crippen molar-refractivity contribution in [3.8, 4) is 5.75 Å². The number of carboxylic acid groups (broad SMARTS) is 1. The van der Waals surface area contributed by atoms with E-state index in [0.717, 1.165) is 12.8 Å². The van der Waals surface area contributed by atoms with E-state index in [9.17, 15) is 13.2 Å². The molecule has 0 bridgehead atoms. The largest absolute Gasteiger partial charge is 0.490 e. The Kier molecular flexibility index (Phi) is 3.08. The van der Waals surface area contributed by atoms with Gasteiger partial charge >= 0.3 is 5.97 Å². The smallest absolute Gasteiger partial charge is 0.335 e. The Morgan fingerprint density at radius 2 is 2.05 bits per heavy atom. The van der Waals surface area contributed by atoms with Gasteiger partial charge in [0.25, 0.3) is 0 Å². The maximum Gasteiger partial charge on any atom is 0.335 e. The van der Waals surface area contributed by atoms with E-state index in [2.05, 4.69) is 0 Å². The zero-order chi connectivity index (χ0) is 14.3. The van der Waals surface area contributed by atoms with Crippen molar-refractivity contribution in [2.45, 2.75) is 25.4 Å². The van der Waals surface area contributed by atoms with Crippen LogP contribution in [0.15, 0.2) is 18.2 Å². The van der Waals surface area contributed by atoms with Gasteiger partial charge < -0.3 is 9.84 Å². The molecule has 0 unspecified atom stereocenters. The molecule has 0 atom stereocenters. The number of hydrogen-bond acceptors (Lipinski definition) is 4. The second-order valence-electron chi connectivity index (χ2n) is 5.08. The number of nitrogens with zero attached hydrogens (tertiary/aromatic N) is 1. The molecule has 2 aliphatic rings.